The Bertz CT molecular complexity index is 1180. The van der Waals surface area contributed by atoms with Gasteiger partial charge in [-0.25, -0.2) is 18.4 Å². The van der Waals surface area contributed by atoms with Crippen molar-refractivity contribution < 1.29 is 32.6 Å². The molecule has 1 amide bonds. The minimum atomic E-state index is -1.15. The van der Waals surface area contributed by atoms with Crippen LogP contribution in [0.3, 0.4) is 0 Å². The Morgan fingerprint density at radius 3 is 2.35 bits per heavy atom. The van der Waals surface area contributed by atoms with E-state index < -0.39 is 41.0 Å². The molecule has 1 aliphatic heterocycles. The van der Waals surface area contributed by atoms with Crippen LogP contribution < -0.4 is 0 Å². The quantitative estimate of drug-likeness (QED) is 0.607. The summed E-state index contributed by atoms with van der Waals surface area (Å²) in [5.74, 6) is -4.05. The van der Waals surface area contributed by atoms with Crippen LogP contribution in [0, 0.1) is 11.6 Å². The van der Waals surface area contributed by atoms with Gasteiger partial charge in [0.05, 0.1) is 24.0 Å². The highest BCUT2D eigenvalue weighted by Crippen LogP contribution is 2.38. The Morgan fingerprint density at radius 1 is 1.09 bits per heavy atom. The summed E-state index contributed by atoms with van der Waals surface area (Å²) in [6.45, 7) is 9.09. The monoisotopic (exact) mass is 474 g/mol. The van der Waals surface area contributed by atoms with Gasteiger partial charge in [-0.05, 0) is 50.6 Å². The standard InChI is InChI=1S/C25H28F2N2O5/c1-7-33-24(32)20-11-17-21(28(20)6)16(23(31)34-14(2)3)12-29(13-25(17,4)5)22(30)15-8-9-18(26)19(27)10-15/h8-12,14H,7,13H2,1-6H3. The van der Waals surface area contributed by atoms with Crippen molar-refractivity contribution in [1.29, 1.82) is 0 Å². The maximum atomic E-state index is 13.8. The van der Waals surface area contributed by atoms with Crippen molar-refractivity contribution in [2.24, 2.45) is 7.05 Å². The Kier molecular flexibility index (Phi) is 6.95. The van der Waals surface area contributed by atoms with Crippen LogP contribution in [0.1, 0.15) is 66.7 Å². The number of ether oxygens (including phenoxy) is 2. The summed E-state index contributed by atoms with van der Waals surface area (Å²) in [6.07, 6.45) is 0.907. The molecule has 0 aliphatic carbocycles. The molecule has 1 aromatic heterocycles. The summed E-state index contributed by atoms with van der Waals surface area (Å²) in [7, 11) is 1.63. The molecule has 0 saturated heterocycles. The SMILES string of the molecule is CCOC(=O)c1cc2c(n1C)C(C(=O)OC(C)C)=CN(C(=O)c1ccc(F)c(F)c1)CC2(C)C. The second kappa shape index (κ2) is 9.40. The molecule has 182 valence electrons. The molecule has 0 unspecified atom stereocenters. The first-order valence-electron chi connectivity index (χ1n) is 10.9. The highest BCUT2D eigenvalue weighted by Gasteiger charge is 2.38. The molecule has 1 aliphatic rings. The van der Waals surface area contributed by atoms with E-state index in [1.165, 1.54) is 17.2 Å². The lowest BCUT2D eigenvalue weighted by Gasteiger charge is -2.29. The van der Waals surface area contributed by atoms with Gasteiger partial charge < -0.3 is 18.9 Å². The van der Waals surface area contributed by atoms with E-state index in [1.54, 1.807) is 38.5 Å². The fourth-order valence-corrected chi connectivity index (χ4v) is 3.97. The lowest BCUT2D eigenvalue weighted by Crippen LogP contribution is -2.37. The minimum absolute atomic E-state index is 0.0586. The van der Waals surface area contributed by atoms with Crippen LogP contribution in [-0.2, 0) is 26.7 Å². The van der Waals surface area contributed by atoms with Crippen molar-refractivity contribution in [3.63, 3.8) is 0 Å². The molecule has 0 fully saturated rings. The smallest absolute Gasteiger partial charge is 0.354 e. The van der Waals surface area contributed by atoms with Gasteiger partial charge in [0.1, 0.15) is 5.69 Å². The van der Waals surface area contributed by atoms with E-state index >= 15 is 0 Å². The van der Waals surface area contributed by atoms with Crippen molar-refractivity contribution in [2.45, 2.75) is 46.1 Å². The van der Waals surface area contributed by atoms with Crippen LogP contribution in [0.4, 0.5) is 8.78 Å². The first-order valence-corrected chi connectivity index (χ1v) is 10.9. The molecule has 0 atom stereocenters. The number of aromatic nitrogens is 1. The summed E-state index contributed by atoms with van der Waals surface area (Å²) < 4.78 is 39.3. The normalized spacial score (nSPS) is 14.9. The van der Waals surface area contributed by atoms with E-state index in [0.29, 0.717) is 11.3 Å². The fraction of sp³-hybridized carbons (Fsp3) is 0.400. The van der Waals surface area contributed by atoms with E-state index in [4.69, 9.17) is 9.47 Å². The predicted molar refractivity (Wildman–Crippen MR) is 121 cm³/mol. The van der Waals surface area contributed by atoms with Gasteiger partial charge in [0.2, 0.25) is 0 Å². The van der Waals surface area contributed by atoms with Gasteiger partial charge in [-0.2, -0.15) is 0 Å². The maximum Gasteiger partial charge on any atom is 0.354 e. The molecular weight excluding hydrogens is 446 g/mol. The number of amides is 1. The van der Waals surface area contributed by atoms with Crippen LogP contribution in [0.15, 0.2) is 30.5 Å². The Balaban J connectivity index is 2.20. The Morgan fingerprint density at radius 2 is 1.76 bits per heavy atom. The summed E-state index contributed by atoms with van der Waals surface area (Å²) in [4.78, 5) is 40.2. The van der Waals surface area contributed by atoms with Crippen LogP contribution in [0.2, 0.25) is 0 Å². The third-order valence-electron chi connectivity index (χ3n) is 5.54. The number of halogens is 2. The van der Waals surface area contributed by atoms with Gasteiger partial charge in [-0.3, -0.25) is 4.79 Å². The molecule has 0 spiro atoms. The number of fused-ring (bicyclic) bond motifs is 1. The average molecular weight is 475 g/mol. The highest BCUT2D eigenvalue weighted by molar-refractivity contribution is 6.17. The average Bonchev–Trinajstić information content (AvgIpc) is 3.04. The Labute approximate surface area is 196 Å². The molecule has 9 heteroatoms. The second-order valence-corrected chi connectivity index (χ2v) is 9.01. The molecule has 7 nitrogen and oxygen atoms in total. The number of carbonyl (C=O) groups is 3. The summed E-state index contributed by atoms with van der Waals surface area (Å²) >= 11 is 0. The van der Waals surface area contributed by atoms with Gasteiger partial charge in [-0.1, -0.05) is 13.8 Å². The van der Waals surface area contributed by atoms with Crippen LogP contribution in [0.5, 0.6) is 0 Å². The summed E-state index contributed by atoms with van der Waals surface area (Å²) in [5.41, 5.74) is 0.569. The van der Waals surface area contributed by atoms with Crippen molar-refractivity contribution in [3.8, 4) is 0 Å². The maximum absolute atomic E-state index is 13.8. The zero-order chi connectivity index (χ0) is 25.4. The lowest BCUT2D eigenvalue weighted by molar-refractivity contribution is -0.140. The molecule has 34 heavy (non-hydrogen) atoms. The van der Waals surface area contributed by atoms with E-state index in [0.717, 1.165) is 12.1 Å². The number of hydrogen-bond acceptors (Lipinski definition) is 5. The number of esters is 2. The number of carbonyl (C=O) groups excluding carboxylic acids is 3. The molecule has 0 N–H and O–H groups in total. The third kappa shape index (κ3) is 4.73. The zero-order valence-electron chi connectivity index (χ0n) is 20.1. The number of hydrogen-bond donors (Lipinski definition) is 0. The van der Waals surface area contributed by atoms with Crippen molar-refractivity contribution in [1.82, 2.24) is 9.47 Å². The van der Waals surface area contributed by atoms with Gasteiger partial charge in [-0.15, -0.1) is 0 Å². The molecule has 0 bridgehead atoms. The van der Waals surface area contributed by atoms with E-state index in [-0.39, 0.29) is 30.0 Å². The number of benzene rings is 1. The highest BCUT2D eigenvalue weighted by atomic mass is 19.2. The number of nitrogens with zero attached hydrogens (tertiary/aromatic N) is 2. The van der Waals surface area contributed by atoms with E-state index in [2.05, 4.69) is 0 Å². The molecule has 2 aromatic rings. The van der Waals surface area contributed by atoms with Gasteiger partial charge in [0.25, 0.3) is 5.91 Å². The fourth-order valence-electron chi connectivity index (χ4n) is 3.97. The summed E-state index contributed by atoms with van der Waals surface area (Å²) in [5, 5.41) is 0. The van der Waals surface area contributed by atoms with E-state index in [1.807, 2.05) is 13.8 Å². The van der Waals surface area contributed by atoms with Crippen LogP contribution in [-0.4, -0.2) is 46.6 Å². The molecule has 2 heterocycles. The van der Waals surface area contributed by atoms with E-state index in [9.17, 15) is 23.2 Å². The van der Waals surface area contributed by atoms with Gasteiger partial charge in [0.15, 0.2) is 11.6 Å². The van der Waals surface area contributed by atoms with Crippen molar-refractivity contribution >= 4 is 23.4 Å². The second-order valence-electron chi connectivity index (χ2n) is 9.01. The lowest BCUT2D eigenvalue weighted by atomic mass is 9.83. The van der Waals surface area contributed by atoms with Gasteiger partial charge >= 0.3 is 11.9 Å². The molecular formula is C25H28F2N2O5. The van der Waals surface area contributed by atoms with Gasteiger partial charge in [0, 0.05) is 30.8 Å². The zero-order valence-corrected chi connectivity index (χ0v) is 20.1. The largest absolute Gasteiger partial charge is 0.461 e. The van der Waals surface area contributed by atoms with Crippen molar-refractivity contribution in [2.75, 3.05) is 13.2 Å². The molecule has 0 radical (unpaired) electrons. The first kappa shape index (κ1) is 25.1. The third-order valence-corrected chi connectivity index (χ3v) is 5.54. The van der Waals surface area contributed by atoms with Crippen LogP contribution in [0.25, 0.3) is 5.57 Å². The number of rotatable bonds is 5. The Hall–Kier alpha value is -3.49. The van der Waals surface area contributed by atoms with Crippen molar-refractivity contribution in [3.05, 3.63) is 64.6 Å². The molecule has 1 aromatic carbocycles. The first-order chi connectivity index (χ1) is 15.9. The minimum Gasteiger partial charge on any atom is -0.461 e. The molecule has 0 saturated carbocycles. The molecule has 3 rings (SSSR count). The topological polar surface area (TPSA) is 77.8 Å². The predicted octanol–water partition coefficient (Wildman–Crippen LogP) is 4.21. The van der Waals surface area contributed by atoms with Crippen LogP contribution >= 0.6 is 0 Å². The summed E-state index contributed by atoms with van der Waals surface area (Å²) in [6, 6.07) is 4.53.